The molecule has 1 aliphatic heterocycles. The third kappa shape index (κ3) is 5.55. The highest BCUT2D eigenvalue weighted by Gasteiger charge is 2.34. The number of nitrogens with one attached hydrogen (secondary N) is 1. The van der Waals surface area contributed by atoms with E-state index in [1.807, 2.05) is 30.3 Å². The van der Waals surface area contributed by atoms with Crippen molar-refractivity contribution in [1.29, 1.82) is 0 Å². The molecule has 1 aromatic carbocycles. The lowest BCUT2D eigenvalue weighted by Gasteiger charge is -2.23. The van der Waals surface area contributed by atoms with Crippen LogP contribution in [0.2, 0.25) is 0 Å². The second-order valence-corrected chi connectivity index (χ2v) is 6.24. The molecule has 5 heteroatoms. The topological polar surface area (TPSA) is 58.6 Å². The first-order chi connectivity index (χ1) is 11.7. The highest BCUT2D eigenvalue weighted by molar-refractivity contribution is 5.86. The van der Waals surface area contributed by atoms with Crippen LogP contribution >= 0.6 is 0 Å². The van der Waals surface area contributed by atoms with Gasteiger partial charge in [-0.3, -0.25) is 9.69 Å². The molecule has 132 valence electrons. The number of ether oxygens (including phenoxy) is 1. The van der Waals surface area contributed by atoms with Crippen molar-refractivity contribution in [3.05, 3.63) is 35.9 Å². The van der Waals surface area contributed by atoms with Crippen LogP contribution in [0.3, 0.4) is 0 Å². The predicted molar refractivity (Wildman–Crippen MR) is 93.5 cm³/mol. The van der Waals surface area contributed by atoms with Gasteiger partial charge in [0.1, 0.15) is 12.6 Å². The van der Waals surface area contributed by atoms with E-state index in [1.165, 1.54) is 12.8 Å². The van der Waals surface area contributed by atoms with Gasteiger partial charge >= 0.3 is 6.09 Å². The number of carbonyl (C=O) groups excluding carboxylic acids is 2. The highest BCUT2D eigenvalue weighted by atomic mass is 16.6. The molecule has 2 amide bonds. The molecule has 1 N–H and O–H groups in total. The van der Waals surface area contributed by atoms with Crippen LogP contribution in [-0.2, 0) is 16.1 Å². The van der Waals surface area contributed by atoms with Crippen molar-refractivity contribution >= 4 is 12.0 Å². The normalized spacial score (nSPS) is 16.9. The molecule has 0 spiro atoms. The summed E-state index contributed by atoms with van der Waals surface area (Å²) in [7, 11) is 0. The Morgan fingerprint density at radius 1 is 1.21 bits per heavy atom. The molecule has 1 aromatic rings. The van der Waals surface area contributed by atoms with Crippen LogP contribution in [-0.4, -0.2) is 36.0 Å². The molecule has 1 fully saturated rings. The number of likely N-dealkylation sites (tertiary alicyclic amines) is 1. The largest absolute Gasteiger partial charge is 0.445 e. The van der Waals surface area contributed by atoms with Crippen LogP contribution in [0.25, 0.3) is 0 Å². The van der Waals surface area contributed by atoms with Crippen molar-refractivity contribution in [2.45, 2.75) is 58.1 Å². The zero-order chi connectivity index (χ0) is 17.2. The Kier molecular flexibility index (Phi) is 7.59. The number of hydrogen-bond acceptors (Lipinski definition) is 3. The number of carbonyl (C=O) groups is 2. The van der Waals surface area contributed by atoms with E-state index >= 15 is 0 Å². The van der Waals surface area contributed by atoms with E-state index in [2.05, 4.69) is 12.2 Å². The number of rotatable bonds is 8. The third-order valence-electron chi connectivity index (χ3n) is 4.32. The van der Waals surface area contributed by atoms with Gasteiger partial charge in [-0.2, -0.15) is 0 Å². The second-order valence-electron chi connectivity index (χ2n) is 6.24. The molecule has 2 rings (SSSR count). The lowest BCUT2D eigenvalue weighted by Crippen LogP contribution is -2.46. The van der Waals surface area contributed by atoms with Gasteiger partial charge in [0.2, 0.25) is 5.91 Å². The molecule has 1 heterocycles. The van der Waals surface area contributed by atoms with Gasteiger partial charge in [0.05, 0.1) is 0 Å². The summed E-state index contributed by atoms with van der Waals surface area (Å²) in [4.78, 5) is 26.1. The summed E-state index contributed by atoms with van der Waals surface area (Å²) in [6.45, 7) is 3.67. The van der Waals surface area contributed by atoms with E-state index in [4.69, 9.17) is 4.74 Å². The molecular formula is C19H28N2O3. The van der Waals surface area contributed by atoms with Gasteiger partial charge in [0, 0.05) is 13.1 Å². The van der Waals surface area contributed by atoms with E-state index < -0.39 is 6.09 Å². The second kappa shape index (κ2) is 9.96. The van der Waals surface area contributed by atoms with Crippen LogP contribution < -0.4 is 5.32 Å². The zero-order valence-corrected chi connectivity index (χ0v) is 14.5. The van der Waals surface area contributed by atoms with Crippen LogP contribution in [0.5, 0.6) is 0 Å². The smallest absolute Gasteiger partial charge is 0.410 e. The molecule has 1 saturated heterocycles. The molecule has 0 radical (unpaired) electrons. The van der Waals surface area contributed by atoms with Gasteiger partial charge in [-0.05, 0) is 24.8 Å². The zero-order valence-electron chi connectivity index (χ0n) is 14.5. The Morgan fingerprint density at radius 3 is 2.75 bits per heavy atom. The van der Waals surface area contributed by atoms with Crippen molar-refractivity contribution in [3.8, 4) is 0 Å². The monoisotopic (exact) mass is 332 g/mol. The summed E-state index contributed by atoms with van der Waals surface area (Å²) < 4.78 is 5.36. The van der Waals surface area contributed by atoms with Crippen molar-refractivity contribution in [2.75, 3.05) is 13.1 Å². The Labute approximate surface area is 144 Å². The summed E-state index contributed by atoms with van der Waals surface area (Å²) in [6, 6.07) is 9.18. The summed E-state index contributed by atoms with van der Waals surface area (Å²) in [5, 5.41) is 2.95. The number of hydrogen-bond donors (Lipinski definition) is 1. The van der Waals surface area contributed by atoms with Crippen molar-refractivity contribution in [3.63, 3.8) is 0 Å². The fraction of sp³-hybridized carbons (Fsp3) is 0.579. The lowest BCUT2D eigenvalue weighted by molar-refractivity contribution is -0.125. The Bertz CT molecular complexity index is 519. The Morgan fingerprint density at radius 2 is 2.00 bits per heavy atom. The summed E-state index contributed by atoms with van der Waals surface area (Å²) >= 11 is 0. The quantitative estimate of drug-likeness (QED) is 0.741. The minimum absolute atomic E-state index is 0.0549. The summed E-state index contributed by atoms with van der Waals surface area (Å²) in [6.07, 6.45) is 5.64. The number of amides is 2. The first-order valence-electron chi connectivity index (χ1n) is 8.97. The molecule has 1 atom stereocenters. The molecular weight excluding hydrogens is 304 g/mol. The number of unbranched alkanes of at least 4 members (excludes halogenated alkanes) is 3. The van der Waals surface area contributed by atoms with E-state index in [1.54, 1.807) is 4.90 Å². The van der Waals surface area contributed by atoms with E-state index in [-0.39, 0.29) is 18.6 Å². The molecule has 0 bridgehead atoms. The van der Waals surface area contributed by atoms with Crippen LogP contribution in [0, 0.1) is 0 Å². The van der Waals surface area contributed by atoms with Crippen molar-refractivity contribution in [2.24, 2.45) is 0 Å². The maximum Gasteiger partial charge on any atom is 0.410 e. The highest BCUT2D eigenvalue weighted by Crippen LogP contribution is 2.19. The molecule has 0 saturated carbocycles. The van der Waals surface area contributed by atoms with E-state index in [0.717, 1.165) is 24.8 Å². The van der Waals surface area contributed by atoms with Crippen molar-refractivity contribution < 1.29 is 14.3 Å². The predicted octanol–water partition coefficient (Wildman–Crippen LogP) is 3.48. The van der Waals surface area contributed by atoms with E-state index in [0.29, 0.717) is 19.5 Å². The van der Waals surface area contributed by atoms with Gasteiger partial charge in [-0.1, -0.05) is 56.5 Å². The van der Waals surface area contributed by atoms with Gasteiger partial charge in [0.15, 0.2) is 0 Å². The number of benzene rings is 1. The number of nitrogens with zero attached hydrogens (tertiary/aromatic N) is 1. The van der Waals surface area contributed by atoms with Gasteiger partial charge in [-0.25, -0.2) is 4.79 Å². The average Bonchev–Trinajstić information content (AvgIpc) is 3.10. The standard InChI is InChI=1S/C19H28N2O3/c1-2-3-4-8-13-20-18(22)17-12-9-14-21(17)19(23)24-15-16-10-6-5-7-11-16/h5-7,10-11,17H,2-4,8-9,12-15H2,1H3,(H,20,22). The summed E-state index contributed by atoms with van der Waals surface area (Å²) in [5.74, 6) is -0.0549. The third-order valence-corrected chi connectivity index (χ3v) is 4.32. The van der Waals surface area contributed by atoms with Gasteiger partial charge in [-0.15, -0.1) is 0 Å². The fourth-order valence-corrected chi connectivity index (χ4v) is 2.94. The summed E-state index contributed by atoms with van der Waals surface area (Å²) in [5.41, 5.74) is 0.946. The van der Waals surface area contributed by atoms with Crippen LogP contribution in [0.4, 0.5) is 4.79 Å². The van der Waals surface area contributed by atoms with Gasteiger partial charge < -0.3 is 10.1 Å². The first kappa shape index (κ1) is 18.3. The van der Waals surface area contributed by atoms with Crippen molar-refractivity contribution in [1.82, 2.24) is 10.2 Å². The fourth-order valence-electron chi connectivity index (χ4n) is 2.94. The molecule has 24 heavy (non-hydrogen) atoms. The maximum absolute atomic E-state index is 12.3. The van der Waals surface area contributed by atoms with Crippen LogP contribution in [0.15, 0.2) is 30.3 Å². The van der Waals surface area contributed by atoms with E-state index in [9.17, 15) is 9.59 Å². The molecule has 0 aliphatic carbocycles. The molecule has 1 unspecified atom stereocenters. The SMILES string of the molecule is CCCCCCNC(=O)C1CCCN1C(=O)OCc1ccccc1. The molecule has 0 aromatic heterocycles. The van der Waals surface area contributed by atoms with Gasteiger partial charge in [0.25, 0.3) is 0 Å². The minimum Gasteiger partial charge on any atom is -0.445 e. The minimum atomic E-state index is -0.400. The Hall–Kier alpha value is -2.04. The lowest BCUT2D eigenvalue weighted by atomic mass is 10.2. The Balaban J connectivity index is 1.76. The first-order valence-corrected chi connectivity index (χ1v) is 8.97. The van der Waals surface area contributed by atoms with Crippen LogP contribution in [0.1, 0.15) is 51.0 Å². The average molecular weight is 332 g/mol. The molecule has 1 aliphatic rings. The molecule has 5 nitrogen and oxygen atoms in total. The maximum atomic E-state index is 12.3.